The summed E-state index contributed by atoms with van der Waals surface area (Å²) in [6.45, 7) is 1.14. The molecular weight excluding hydrogens is 378 g/mol. The number of hydrogen-bond donors (Lipinski definition) is 3. The summed E-state index contributed by atoms with van der Waals surface area (Å²) in [7, 11) is -4.66. The molecule has 2 rings (SSSR count). The quantitative estimate of drug-likeness (QED) is 0.529. The molecule has 0 spiro atoms. The maximum Gasteiger partial charge on any atom is 0.469 e. The third-order valence-electron chi connectivity index (χ3n) is 2.99. The molecule has 0 fully saturated rings. The van der Waals surface area contributed by atoms with Crippen molar-refractivity contribution in [1.82, 2.24) is 4.98 Å². The zero-order valence-electron chi connectivity index (χ0n) is 12.3. The van der Waals surface area contributed by atoms with Crippen LogP contribution in [0.15, 0.2) is 29.4 Å². The van der Waals surface area contributed by atoms with Crippen LogP contribution in [0.2, 0.25) is 10.0 Å². The zero-order valence-corrected chi connectivity index (χ0v) is 14.8. The molecule has 1 aromatic heterocycles. The fourth-order valence-corrected chi connectivity index (χ4v) is 2.55. The summed E-state index contributed by atoms with van der Waals surface area (Å²) in [6.07, 6.45) is 2.66. The van der Waals surface area contributed by atoms with Crippen LogP contribution in [0.4, 0.5) is 5.69 Å². The predicted octanol–water partition coefficient (Wildman–Crippen LogP) is 3.76. The number of aryl methyl sites for hydroxylation is 1. The van der Waals surface area contributed by atoms with Gasteiger partial charge in [0, 0.05) is 28.6 Å². The van der Waals surface area contributed by atoms with Crippen LogP contribution in [0.3, 0.4) is 0 Å². The van der Waals surface area contributed by atoms with Gasteiger partial charge in [-0.2, -0.15) is 0 Å². The van der Waals surface area contributed by atoms with Crippen molar-refractivity contribution in [2.75, 3.05) is 0 Å². The number of rotatable bonds is 5. The first-order valence-electron chi connectivity index (χ1n) is 6.54. The number of aliphatic imine (C=N–C) groups is 1. The van der Waals surface area contributed by atoms with E-state index in [1.807, 2.05) is 0 Å². The van der Waals surface area contributed by atoms with Gasteiger partial charge in [-0.25, -0.2) is 4.57 Å². The minimum atomic E-state index is -4.66. The number of benzene rings is 1. The number of aromatic nitrogens is 1. The van der Waals surface area contributed by atoms with Crippen molar-refractivity contribution in [1.29, 1.82) is 0 Å². The van der Waals surface area contributed by atoms with E-state index in [1.165, 1.54) is 18.5 Å². The molecule has 0 saturated heterocycles. The van der Waals surface area contributed by atoms with Crippen molar-refractivity contribution in [2.45, 2.75) is 13.5 Å². The van der Waals surface area contributed by atoms with Crippen LogP contribution in [0, 0.1) is 6.92 Å². The topological polar surface area (TPSA) is 112 Å². The lowest BCUT2D eigenvalue weighted by atomic mass is 10.1. The summed E-state index contributed by atoms with van der Waals surface area (Å²) in [6, 6.07) is 4.72. The highest BCUT2D eigenvalue weighted by molar-refractivity contribution is 7.46. The first-order chi connectivity index (χ1) is 11.2. The van der Waals surface area contributed by atoms with Gasteiger partial charge in [-0.1, -0.05) is 23.2 Å². The van der Waals surface area contributed by atoms with Crippen LogP contribution in [0.25, 0.3) is 0 Å². The Labute approximate surface area is 147 Å². The number of phosphoric ester groups is 1. The Balaban J connectivity index is 2.38. The maximum atomic E-state index is 10.8. The molecular formula is C14H13Cl2N2O5P. The first-order valence-corrected chi connectivity index (χ1v) is 8.82. The molecule has 0 amide bonds. The van der Waals surface area contributed by atoms with Crippen LogP contribution < -0.4 is 0 Å². The minimum absolute atomic E-state index is 0.171. The first kappa shape index (κ1) is 18.9. The number of nitrogens with zero attached hydrogens (tertiary/aromatic N) is 2. The van der Waals surface area contributed by atoms with Gasteiger partial charge in [-0.15, -0.1) is 0 Å². The molecule has 0 atom stereocenters. The van der Waals surface area contributed by atoms with Crippen molar-refractivity contribution in [3.63, 3.8) is 0 Å². The highest BCUT2D eigenvalue weighted by Gasteiger charge is 2.17. The standard InChI is InChI=1S/C14H13Cl2N2O5P/c1-8-14(19)11(9(5-17-8)7-23-24(20,21)22)6-18-13-3-2-10(15)4-12(13)16/h2-6,19H,7H2,1H3,(H2,20,21,22). The van der Waals surface area contributed by atoms with Crippen molar-refractivity contribution in [3.05, 3.63) is 51.3 Å². The van der Waals surface area contributed by atoms with Gasteiger partial charge < -0.3 is 14.9 Å². The molecule has 24 heavy (non-hydrogen) atoms. The summed E-state index contributed by atoms with van der Waals surface area (Å²) >= 11 is 11.8. The van der Waals surface area contributed by atoms with Gasteiger partial charge in [0.1, 0.15) is 5.75 Å². The van der Waals surface area contributed by atoms with E-state index in [4.69, 9.17) is 33.0 Å². The summed E-state index contributed by atoms with van der Waals surface area (Å²) < 4.78 is 15.3. The molecule has 0 aliphatic rings. The Hall–Kier alpha value is -1.47. The van der Waals surface area contributed by atoms with Crippen molar-refractivity contribution >= 4 is 42.9 Å². The molecule has 0 aliphatic heterocycles. The molecule has 128 valence electrons. The largest absolute Gasteiger partial charge is 0.505 e. The Morgan fingerprint density at radius 3 is 2.71 bits per heavy atom. The van der Waals surface area contributed by atoms with Gasteiger partial charge in [0.15, 0.2) is 0 Å². The highest BCUT2D eigenvalue weighted by atomic mass is 35.5. The maximum absolute atomic E-state index is 10.8. The Morgan fingerprint density at radius 1 is 1.38 bits per heavy atom. The SMILES string of the molecule is Cc1ncc(COP(=O)(O)O)c(C=Nc2ccc(Cl)cc2Cl)c1O. The normalized spacial score (nSPS) is 12.0. The Kier molecular flexibility index (Phi) is 5.98. The number of aromatic hydroxyl groups is 1. The number of hydrogen-bond acceptors (Lipinski definition) is 5. The van der Waals surface area contributed by atoms with Gasteiger partial charge in [0.05, 0.1) is 23.0 Å². The second-order valence-electron chi connectivity index (χ2n) is 4.75. The van der Waals surface area contributed by atoms with E-state index in [1.54, 1.807) is 19.1 Å². The zero-order chi connectivity index (χ0) is 17.9. The van der Waals surface area contributed by atoms with Crippen molar-refractivity contribution in [3.8, 4) is 5.75 Å². The van der Waals surface area contributed by atoms with E-state index in [-0.39, 0.29) is 16.9 Å². The second kappa shape index (κ2) is 7.61. The monoisotopic (exact) mass is 390 g/mol. The molecule has 0 saturated carbocycles. The molecule has 1 heterocycles. The summed E-state index contributed by atoms with van der Waals surface area (Å²) in [5, 5.41) is 10.9. The van der Waals surface area contributed by atoms with Crippen LogP contribution in [0.5, 0.6) is 5.75 Å². The average molecular weight is 391 g/mol. The van der Waals surface area contributed by atoms with Crippen LogP contribution in [0.1, 0.15) is 16.8 Å². The Bertz CT molecular complexity index is 838. The van der Waals surface area contributed by atoms with Gasteiger partial charge in [-0.05, 0) is 25.1 Å². The molecule has 2 aromatic rings. The van der Waals surface area contributed by atoms with E-state index in [9.17, 15) is 9.67 Å². The lowest BCUT2D eigenvalue weighted by Gasteiger charge is -2.10. The van der Waals surface area contributed by atoms with Crippen molar-refractivity contribution in [2.24, 2.45) is 4.99 Å². The van der Waals surface area contributed by atoms with Gasteiger partial charge in [0.25, 0.3) is 0 Å². The van der Waals surface area contributed by atoms with Crippen LogP contribution >= 0.6 is 31.0 Å². The second-order valence-corrected chi connectivity index (χ2v) is 6.83. The fourth-order valence-electron chi connectivity index (χ4n) is 1.79. The molecule has 0 unspecified atom stereocenters. The van der Waals surface area contributed by atoms with E-state index >= 15 is 0 Å². The van der Waals surface area contributed by atoms with Gasteiger partial charge in [0.2, 0.25) is 0 Å². The molecule has 0 radical (unpaired) electrons. The third kappa shape index (κ3) is 5.01. The van der Waals surface area contributed by atoms with E-state index in [2.05, 4.69) is 14.5 Å². The number of halogens is 2. The number of phosphoric acid groups is 1. The molecule has 0 bridgehead atoms. The molecule has 1 aromatic carbocycles. The third-order valence-corrected chi connectivity index (χ3v) is 3.99. The minimum Gasteiger partial charge on any atom is -0.505 e. The lowest BCUT2D eigenvalue weighted by molar-refractivity contribution is 0.188. The van der Waals surface area contributed by atoms with E-state index < -0.39 is 14.4 Å². The molecule has 7 nitrogen and oxygen atoms in total. The van der Waals surface area contributed by atoms with E-state index in [0.717, 1.165) is 0 Å². The van der Waals surface area contributed by atoms with Gasteiger partial charge >= 0.3 is 7.82 Å². The summed E-state index contributed by atoms with van der Waals surface area (Å²) in [5.74, 6) is -0.171. The molecule has 10 heteroatoms. The highest BCUT2D eigenvalue weighted by Crippen LogP contribution is 2.38. The summed E-state index contributed by atoms with van der Waals surface area (Å²) in [4.78, 5) is 25.7. The number of pyridine rings is 1. The van der Waals surface area contributed by atoms with Crippen LogP contribution in [-0.4, -0.2) is 26.1 Å². The predicted molar refractivity (Wildman–Crippen MR) is 91.2 cm³/mol. The van der Waals surface area contributed by atoms with Crippen LogP contribution in [-0.2, 0) is 15.7 Å². The average Bonchev–Trinajstić information content (AvgIpc) is 2.48. The molecule has 3 N–H and O–H groups in total. The van der Waals surface area contributed by atoms with E-state index in [0.29, 0.717) is 21.4 Å². The van der Waals surface area contributed by atoms with Gasteiger partial charge in [-0.3, -0.25) is 14.5 Å². The van der Waals surface area contributed by atoms with Crippen molar-refractivity contribution < 1.29 is 24.0 Å². The Morgan fingerprint density at radius 2 is 2.08 bits per heavy atom. The smallest absolute Gasteiger partial charge is 0.469 e. The lowest BCUT2D eigenvalue weighted by Crippen LogP contribution is -2.00. The fraction of sp³-hybridized carbons (Fsp3) is 0.143. The summed E-state index contributed by atoms with van der Waals surface area (Å²) in [5.41, 5.74) is 1.23. The molecule has 0 aliphatic carbocycles.